The highest BCUT2D eigenvalue weighted by Gasteiger charge is 2.15. The Morgan fingerprint density at radius 3 is 2.71 bits per heavy atom. The van der Waals surface area contributed by atoms with Crippen LogP contribution in [0.2, 0.25) is 0 Å². The molecule has 0 aliphatic carbocycles. The standard InChI is InChI=1S/C15H13NO5/c1-2-20-15(19)13-8-12(17)11(14(18)21-13)9-16-10-6-4-3-5-7-10/h3-9,17H,2H2,1H3. The van der Waals surface area contributed by atoms with Crippen LogP contribution in [-0.4, -0.2) is 23.9 Å². The molecule has 0 spiro atoms. The zero-order valence-electron chi connectivity index (χ0n) is 11.3. The van der Waals surface area contributed by atoms with Crippen LogP contribution < -0.4 is 5.63 Å². The summed E-state index contributed by atoms with van der Waals surface area (Å²) in [6.07, 6.45) is 1.19. The lowest BCUT2D eigenvalue weighted by atomic mass is 10.2. The van der Waals surface area contributed by atoms with E-state index in [1.54, 1.807) is 31.2 Å². The van der Waals surface area contributed by atoms with Crippen molar-refractivity contribution >= 4 is 17.9 Å². The molecule has 0 saturated carbocycles. The predicted molar refractivity (Wildman–Crippen MR) is 76.3 cm³/mol. The molecule has 6 nitrogen and oxygen atoms in total. The zero-order valence-corrected chi connectivity index (χ0v) is 11.3. The Balaban J connectivity index is 2.32. The SMILES string of the molecule is CCOC(=O)c1cc(O)c(C=Nc2ccccc2)c(=O)o1. The summed E-state index contributed by atoms with van der Waals surface area (Å²) in [6, 6.07) is 9.92. The second-order valence-electron chi connectivity index (χ2n) is 4.01. The fourth-order valence-corrected chi connectivity index (χ4v) is 1.57. The summed E-state index contributed by atoms with van der Waals surface area (Å²) in [4.78, 5) is 27.3. The van der Waals surface area contributed by atoms with Crippen LogP contribution in [0.4, 0.5) is 5.69 Å². The highest BCUT2D eigenvalue weighted by molar-refractivity contribution is 5.89. The summed E-state index contributed by atoms with van der Waals surface area (Å²) in [7, 11) is 0. The van der Waals surface area contributed by atoms with Gasteiger partial charge in [-0.1, -0.05) is 18.2 Å². The van der Waals surface area contributed by atoms with Crippen molar-refractivity contribution in [2.45, 2.75) is 6.92 Å². The lowest BCUT2D eigenvalue weighted by Crippen LogP contribution is -2.13. The Hall–Kier alpha value is -2.89. The first kappa shape index (κ1) is 14.5. The van der Waals surface area contributed by atoms with Crippen LogP contribution in [0.3, 0.4) is 0 Å². The first-order valence-corrected chi connectivity index (χ1v) is 6.25. The molecule has 0 fully saturated rings. The molecule has 0 bridgehead atoms. The van der Waals surface area contributed by atoms with Crippen LogP contribution in [0.25, 0.3) is 0 Å². The fourth-order valence-electron chi connectivity index (χ4n) is 1.57. The molecule has 2 rings (SSSR count). The second kappa shape index (κ2) is 6.51. The maximum atomic E-state index is 11.8. The fraction of sp³-hybridized carbons (Fsp3) is 0.133. The third-order valence-corrected chi connectivity index (χ3v) is 2.54. The van der Waals surface area contributed by atoms with Gasteiger partial charge >= 0.3 is 11.6 Å². The molecule has 0 amide bonds. The minimum Gasteiger partial charge on any atom is -0.507 e. The van der Waals surface area contributed by atoms with Gasteiger partial charge in [-0.25, -0.2) is 9.59 Å². The van der Waals surface area contributed by atoms with E-state index in [9.17, 15) is 14.7 Å². The van der Waals surface area contributed by atoms with Gasteiger partial charge in [0, 0.05) is 12.3 Å². The molecule has 2 aromatic rings. The number of esters is 1. The first-order valence-electron chi connectivity index (χ1n) is 6.25. The van der Waals surface area contributed by atoms with Gasteiger partial charge in [-0.3, -0.25) is 4.99 Å². The van der Waals surface area contributed by atoms with E-state index >= 15 is 0 Å². The Bertz CT molecular complexity index is 719. The number of rotatable bonds is 4. The molecule has 21 heavy (non-hydrogen) atoms. The third kappa shape index (κ3) is 3.56. The molecule has 1 heterocycles. The number of aromatic hydroxyl groups is 1. The molecule has 0 atom stereocenters. The summed E-state index contributed by atoms with van der Waals surface area (Å²) in [5, 5.41) is 9.81. The van der Waals surface area contributed by atoms with E-state index in [1.807, 2.05) is 6.07 Å². The van der Waals surface area contributed by atoms with E-state index < -0.39 is 17.3 Å². The highest BCUT2D eigenvalue weighted by atomic mass is 16.5. The molecule has 0 unspecified atom stereocenters. The van der Waals surface area contributed by atoms with Gasteiger partial charge in [0.2, 0.25) is 5.76 Å². The maximum absolute atomic E-state index is 11.8. The van der Waals surface area contributed by atoms with Gasteiger partial charge in [-0.05, 0) is 19.1 Å². The number of ether oxygens (including phenoxy) is 1. The second-order valence-corrected chi connectivity index (χ2v) is 4.01. The Labute approximate surface area is 120 Å². The number of aliphatic imine (C=N–C) groups is 1. The van der Waals surface area contributed by atoms with E-state index in [1.165, 1.54) is 6.21 Å². The van der Waals surface area contributed by atoms with Gasteiger partial charge in [0.05, 0.1) is 12.3 Å². The number of nitrogens with zero attached hydrogens (tertiary/aromatic N) is 1. The van der Waals surface area contributed by atoms with Gasteiger partial charge in [0.1, 0.15) is 11.3 Å². The van der Waals surface area contributed by atoms with Crippen molar-refractivity contribution in [1.29, 1.82) is 0 Å². The Kier molecular flexibility index (Phi) is 4.50. The summed E-state index contributed by atoms with van der Waals surface area (Å²) >= 11 is 0. The van der Waals surface area contributed by atoms with Crippen molar-refractivity contribution in [3.05, 3.63) is 58.1 Å². The number of carbonyl (C=O) groups is 1. The molecule has 6 heteroatoms. The topological polar surface area (TPSA) is 89.1 Å². The molecule has 1 aromatic carbocycles. The maximum Gasteiger partial charge on any atom is 0.374 e. The lowest BCUT2D eigenvalue weighted by molar-refractivity contribution is 0.0483. The Morgan fingerprint density at radius 1 is 1.38 bits per heavy atom. The number of benzene rings is 1. The van der Waals surface area contributed by atoms with Crippen molar-refractivity contribution in [1.82, 2.24) is 0 Å². The molecule has 1 aromatic heterocycles. The quantitative estimate of drug-likeness (QED) is 0.688. The molecule has 1 N–H and O–H groups in total. The summed E-state index contributed by atoms with van der Waals surface area (Å²) in [5.41, 5.74) is -0.379. The average molecular weight is 287 g/mol. The number of carbonyl (C=O) groups excluding carboxylic acids is 1. The minimum atomic E-state index is -0.863. The lowest BCUT2D eigenvalue weighted by Gasteiger charge is -2.02. The van der Waals surface area contributed by atoms with Crippen molar-refractivity contribution < 1.29 is 19.1 Å². The van der Waals surface area contributed by atoms with E-state index in [2.05, 4.69) is 4.99 Å². The number of para-hydroxylation sites is 1. The number of hydrogen-bond donors (Lipinski definition) is 1. The molecule has 108 valence electrons. The highest BCUT2D eigenvalue weighted by Crippen LogP contribution is 2.16. The van der Waals surface area contributed by atoms with Crippen LogP contribution in [0.5, 0.6) is 5.75 Å². The van der Waals surface area contributed by atoms with Crippen molar-refractivity contribution in [3.63, 3.8) is 0 Å². The molecule has 0 radical (unpaired) electrons. The minimum absolute atomic E-state index is 0.132. The van der Waals surface area contributed by atoms with Crippen LogP contribution in [0, 0.1) is 0 Å². The van der Waals surface area contributed by atoms with Gasteiger partial charge in [0.15, 0.2) is 0 Å². The molecule has 0 saturated heterocycles. The Morgan fingerprint density at radius 2 is 2.10 bits per heavy atom. The zero-order chi connectivity index (χ0) is 15.2. The van der Waals surface area contributed by atoms with Crippen LogP contribution in [-0.2, 0) is 4.74 Å². The van der Waals surface area contributed by atoms with Gasteiger partial charge in [0.25, 0.3) is 0 Å². The predicted octanol–water partition coefficient (Wildman–Crippen LogP) is 2.27. The smallest absolute Gasteiger partial charge is 0.374 e. The normalized spacial score (nSPS) is 10.7. The average Bonchev–Trinajstić information content (AvgIpc) is 2.47. The third-order valence-electron chi connectivity index (χ3n) is 2.54. The summed E-state index contributed by atoms with van der Waals surface area (Å²) in [5.74, 6) is -1.55. The molecular formula is C15H13NO5. The summed E-state index contributed by atoms with van der Waals surface area (Å²) < 4.78 is 9.50. The van der Waals surface area contributed by atoms with Gasteiger partial charge in [-0.15, -0.1) is 0 Å². The van der Waals surface area contributed by atoms with E-state index in [-0.39, 0.29) is 17.9 Å². The van der Waals surface area contributed by atoms with Gasteiger partial charge < -0.3 is 14.3 Å². The summed E-state index contributed by atoms with van der Waals surface area (Å²) in [6.45, 7) is 1.76. The molecule has 0 aliphatic rings. The first-order chi connectivity index (χ1) is 10.1. The largest absolute Gasteiger partial charge is 0.507 e. The van der Waals surface area contributed by atoms with Gasteiger partial charge in [-0.2, -0.15) is 0 Å². The van der Waals surface area contributed by atoms with E-state index in [0.717, 1.165) is 6.07 Å². The van der Waals surface area contributed by atoms with Crippen molar-refractivity contribution in [2.24, 2.45) is 4.99 Å². The van der Waals surface area contributed by atoms with Crippen molar-refractivity contribution in [2.75, 3.05) is 6.61 Å². The van der Waals surface area contributed by atoms with Crippen LogP contribution >= 0.6 is 0 Å². The molecular weight excluding hydrogens is 274 g/mol. The van der Waals surface area contributed by atoms with Crippen LogP contribution in [0.15, 0.2) is 50.6 Å². The van der Waals surface area contributed by atoms with E-state index in [4.69, 9.17) is 9.15 Å². The van der Waals surface area contributed by atoms with Crippen molar-refractivity contribution in [3.8, 4) is 5.75 Å². The molecule has 0 aliphatic heterocycles. The van der Waals surface area contributed by atoms with Crippen LogP contribution in [0.1, 0.15) is 23.0 Å². The van der Waals surface area contributed by atoms with E-state index in [0.29, 0.717) is 5.69 Å². The monoisotopic (exact) mass is 287 g/mol. The number of hydrogen-bond acceptors (Lipinski definition) is 6.